The number of rotatable bonds is 11. The molecule has 3 N–H and O–H groups in total. The van der Waals surface area contributed by atoms with Gasteiger partial charge in [0.1, 0.15) is 22.6 Å². The zero-order chi connectivity index (χ0) is 33.7. The van der Waals surface area contributed by atoms with Crippen LogP contribution in [0.5, 0.6) is 0 Å². The van der Waals surface area contributed by atoms with Crippen LogP contribution < -0.4 is 10.6 Å². The first-order valence-corrected chi connectivity index (χ1v) is 15.8. The van der Waals surface area contributed by atoms with Crippen LogP contribution in [0.25, 0.3) is 0 Å². The molecular weight excluding hydrogens is 586 g/mol. The summed E-state index contributed by atoms with van der Waals surface area (Å²) in [7, 11) is 1.64. The lowest BCUT2D eigenvalue weighted by Crippen LogP contribution is -2.62. The highest BCUT2D eigenvalue weighted by atomic mass is 16.6. The third kappa shape index (κ3) is 8.31. The van der Waals surface area contributed by atoms with Gasteiger partial charge >= 0.3 is 6.09 Å². The maximum Gasteiger partial charge on any atom is 0.408 e. The third-order valence-corrected chi connectivity index (χ3v) is 8.38. The average Bonchev–Trinajstić information content (AvgIpc) is 3.23. The Kier molecular flexibility index (Phi) is 10.6. The molecule has 2 aromatic carbocycles. The van der Waals surface area contributed by atoms with E-state index in [1.165, 1.54) is 5.01 Å². The van der Waals surface area contributed by atoms with Gasteiger partial charge in [-0.25, -0.2) is 9.80 Å². The van der Waals surface area contributed by atoms with Gasteiger partial charge in [0.05, 0.1) is 12.3 Å². The minimum Gasteiger partial charge on any atom is -0.444 e. The summed E-state index contributed by atoms with van der Waals surface area (Å²) >= 11 is 0. The number of benzene rings is 2. The number of carbonyl (C=O) groups excluding carboxylic acids is 4. The Labute approximate surface area is 271 Å². The Hall–Kier alpha value is -4.25. The zero-order valence-corrected chi connectivity index (χ0v) is 27.8. The topological polar surface area (TPSA) is 141 Å². The van der Waals surface area contributed by atoms with Crippen LogP contribution in [-0.2, 0) is 38.6 Å². The number of alkyl carbamates (subject to hydrolysis) is 1. The minimum absolute atomic E-state index is 0.0658. The number of ether oxygens (including phenoxy) is 1. The number of fused-ring (bicyclic) bond motifs is 1. The van der Waals surface area contributed by atoms with E-state index in [0.717, 1.165) is 22.4 Å². The molecule has 4 rings (SSSR count). The summed E-state index contributed by atoms with van der Waals surface area (Å²) in [5.41, 5.74) is 0.432. The van der Waals surface area contributed by atoms with Gasteiger partial charge in [0.25, 0.3) is 5.91 Å². The number of aliphatic hydroxyl groups excluding tert-OH is 1. The fraction of sp³-hybridized carbons (Fsp3) is 0.514. The lowest BCUT2D eigenvalue weighted by Gasteiger charge is -2.41. The monoisotopic (exact) mass is 633 g/mol. The maximum absolute atomic E-state index is 14.3. The molecule has 0 aliphatic carbocycles. The smallest absolute Gasteiger partial charge is 0.408 e. The molecule has 0 spiro atoms. The molecule has 11 heteroatoms. The minimum atomic E-state index is -1.38. The van der Waals surface area contributed by atoms with E-state index < -0.39 is 34.6 Å². The van der Waals surface area contributed by atoms with Crippen LogP contribution in [0.3, 0.4) is 0 Å². The highest BCUT2D eigenvalue weighted by molar-refractivity contribution is 6.13. The molecule has 0 aromatic heterocycles. The highest BCUT2D eigenvalue weighted by Gasteiger charge is 2.54. The molecule has 0 radical (unpaired) electrons. The predicted molar refractivity (Wildman–Crippen MR) is 175 cm³/mol. The van der Waals surface area contributed by atoms with Gasteiger partial charge in [0.15, 0.2) is 0 Å². The summed E-state index contributed by atoms with van der Waals surface area (Å²) in [5.74, 6) is -0.982. The molecule has 248 valence electrons. The largest absolute Gasteiger partial charge is 0.444 e. The van der Waals surface area contributed by atoms with Crippen molar-refractivity contribution in [1.29, 1.82) is 0 Å². The maximum atomic E-state index is 14.3. The lowest BCUT2D eigenvalue weighted by atomic mass is 9.73. The number of piperidine rings is 1. The first-order valence-electron chi connectivity index (χ1n) is 15.8. The second-order valence-electron chi connectivity index (χ2n) is 13.8. The molecular formula is C35H47N5O6. The van der Waals surface area contributed by atoms with Crippen molar-refractivity contribution in [2.75, 3.05) is 20.1 Å². The van der Waals surface area contributed by atoms with E-state index in [0.29, 0.717) is 38.6 Å². The van der Waals surface area contributed by atoms with Gasteiger partial charge in [-0.3, -0.25) is 14.4 Å². The first-order chi connectivity index (χ1) is 21.6. The van der Waals surface area contributed by atoms with Crippen LogP contribution >= 0.6 is 0 Å². The number of amides is 4. The number of aryl methyl sites for hydroxylation is 1. The van der Waals surface area contributed by atoms with Crippen molar-refractivity contribution in [3.05, 3.63) is 71.3 Å². The van der Waals surface area contributed by atoms with E-state index in [-0.39, 0.29) is 25.0 Å². The van der Waals surface area contributed by atoms with Gasteiger partial charge in [-0.2, -0.15) is 5.10 Å². The van der Waals surface area contributed by atoms with Crippen LogP contribution in [0.15, 0.2) is 59.7 Å². The Morgan fingerprint density at radius 2 is 1.70 bits per heavy atom. The van der Waals surface area contributed by atoms with Crippen molar-refractivity contribution in [3.8, 4) is 0 Å². The van der Waals surface area contributed by atoms with Crippen LogP contribution in [0.4, 0.5) is 4.79 Å². The first kappa shape index (κ1) is 34.6. The second-order valence-corrected chi connectivity index (χ2v) is 13.8. The molecule has 1 fully saturated rings. The Morgan fingerprint density at radius 1 is 1.02 bits per heavy atom. The molecule has 1 saturated heterocycles. The summed E-state index contributed by atoms with van der Waals surface area (Å²) in [6.45, 7) is 8.75. The van der Waals surface area contributed by atoms with Gasteiger partial charge in [-0.05, 0) is 77.0 Å². The normalized spacial score (nSPS) is 18.8. The average molecular weight is 634 g/mol. The quantitative estimate of drug-likeness (QED) is 0.346. The number of hydrazone groups is 1. The molecule has 11 nitrogen and oxygen atoms in total. The van der Waals surface area contributed by atoms with E-state index in [1.807, 2.05) is 54.6 Å². The summed E-state index contributed by atoms with van der Waals surface area (Å²) in [6.07, 6.45) is 1.63. The standard InChI is InChI=1S/C35H47N5O6/c1-33(2,3)46-32(45)37-34(4,5)30(43)36-27(17-11-15-24-14-10-16-26(20-24)22-41)29(42)40-19-18-28-35(23-40,31(44)39(6)38-28)21-25-12-8-7-9-13-25/h7-10,12-14,16,20,27,41H,11,15,17-19,21-23H2,1-6H3,(H,36,43)(H,37,45)/t27-,35-/m1/s1. The van der Waals surface area contributed by atoms with E-state index >= 15 is 0 Å². The zero-order valence-electron chi connectivity index (χ0n) is 27.8. The van der Waals surface area contributed by atoms with E-state index in [2.05, 4.69) is 15.7 Å². The van der Waals surface area contributed by atoms with Gasteiger partial charge in [0.2, 0.25) is 11.8 Å². The summed E-state index contributed by atoms with van der Waals surface area (Å²) in [5, 5.41) is 21.0. The number of likely N-dealkylation sites (tertiary alicyclic amines) is 1. The van der Waals surface area contributed by atoms with Crippen molar-refractivity contribution in [2.24, 2.45) is 10.5 Å². The van der Waals surface area contributed by atoms with Crippen LogP contribution in [0.1, 0.15) is 70.6 Å². The molecule has 0 bridgehead atoms. The number of aliphatic hydroxyl groups is 1. The number of nitrogens with one attached hydrogen (secondary N) is 2. The Balaban J connectivity index is 1.55. The molecule has 2 atom stereocenters. The molecule has 2 aliphatic rings. The Morgan fingerprint density at radius 3 is 2.37 bits per heavy atom. The van der Waals surface area contributed by atoms with Crippen molar-refractivity contribution < 1.29 is 29.0 Å². The van der Waals surface area contributed by atoms with E-state index in [4.69, 9.17) is 4.74 Å². The number of hydrogen-bond acceptors (Lipinski definition) is 7. The van der Waals surface area contributed by atoms with Crippen LogP contribution in [-0.4, -0.2) is 81.9 Å². The fourth-order valence-corrected chi connectivity index (χ4v) is 6.04. The van der Waals surface area contributed by atoms with Gasteiger partial charge < -0.3 is 25.4 Å². The van der Waals surface area contributed by atoms with Crippen molar-refractivity contribution in [1.82, 2.24) is 20.5 Å². The third-order valence-electron chi connectivity index (χ3n) is 8.38. The molecule has 0 unspecified atom stereocenters. The predicted octanol–water partition coefficient (Wildman–Crippen LogP) is 3.58. The number of hydrogen-bond donors (Lipinski definition) is 3. The number of nitrogens with zero attached hydrogens (tertiary/aromatic N) is 3. The Bertz CT molecular complexity index is 1470. The van der Waals surface area contributed by atoms with Gasteiger partial charge in [-0.15, -0.1) is 0 Å². The van der Waals surface area contributed by atoms with Crippen molar-refractivity contribution in [2.45, 2.75) is 90.5 Å². The summed E-state index contributed by atoms with van der Waals surface area (Å²) in [6, 6.07) is 16.4. The molecule has 2 aromatic rings. The van der Waals surface area contributed by atoms with Gasteiger partial charge in [-0.1, -0.05) is 54.6 Å². The second kappa shape index (κ2) is 14.0. The fourth-order valence-electron chi connectivity index (χ4n) is 6.04. The van der Waals surface area contributed by atoms with Gasteiger partial charge in [0, 0.05) is 26.6 Å². The van der Waals surface area contributed by atoms with E-state index in [1.54, 1.807) is 46.6 Å². The lowest BCUT2D eigenvalue weighted by molar-refractivity contribution is -0.142. The molecule has 0 saturated carbocycles. The highest BCUT2D eigenvalue weighted by Crippen LogP contribution is 2.38. The molecule has 2 heterocycles. The summed E-state index contributed by atoms with van der Waals surface area (Å²) in [4.78, 5) is 55.7. The number of carbonyl (C=O) groups is 4. The van der Waals surface area contributed by atoms with Crippen LogP contribution in [0.2, 0.25) is 0 Å². The van der Waals surface area contributed by atoms with Crippen molar-refractivity contribution in [3.63, 3.8) is 0 Å². The molecule has 4 amide bonds. The molecule has 2 aliphatic heterocycles. The van der Waals surface area contributed by atoms with Crippen LogP contribution in [0, 0.1) is 5.41 Å². The van der Waals surface area contributed by atoms with E-state index in [9.17, 15) is 24.3 Å². The molecule has 46 heavy (non-hydrogen) atoms. The summed E-state index contributed by atoms with van der Waals surface area (Å²) < 4.78 is 5.35. The van der Waals surface area contributed by atoms with Crippen molar-refractivity contribution >= 4 is 29.5 Å². The SMILES string of the molecule is CN1N=C2CCN(C(=O)[C@@H](CCCc3cccc(CO)c3)NC(=O)C(C)(C)NC(=O)OC(C)(C)C)C[C@@]2(Cc2ccccc2)C1=O.